The van der Waals surface area contributed by atoms with Crippen molar-refractivity contribution in [2.24, 2.45) is 0 Å². The van der Waals surface area contributed by atoms with Crippen LogP contribution in [0, 0.1) is 0 Å². The van der Waals surface area contributed by atoms with Gasteiger partial charge in [-0.05, 0) is 149 Å². The lowest BCUT2D eigenvalue weighted by molar-refractivity contribution is 1.18. The van der Waals surface area contributed by atoms with Crippen molar-refractivity contribution < 1.29 is 0 Å². The minimum Gasteiger partial charge on any atom is -0.310 e. The number of benzene rings is 13. The topological polar surface area (TPSA) is 8.17 Å². The van der Waals surface area contributed by atoms with Crippen molar-refractivity contribution in [1.29, 1.82) is 0 Å². The van der Waals surface area contributed by atoms with Crippen molar-refractivity contribution in [3.63, 3.8) is 0 Å². The summed E-state index contributed by atoms with van der Waals surface area (Å²) in [5.74, 6) is 0. The van der Waals surface area contributed by atoms with Crippen LogP contribution < -0.4 is 4.90 Å². The van der Waals surface area contributed by atoms with E-state index in [1.807, 2.05) is 0 Å². The van der Waals surface area contributed by atoms with Gasteiger partial charge >= 0.3 is 0 Å². The third kappa shape index (κ3) is 7.43. The van der Waals surface area contributed by atoms with Crippen LogP contribution >= 0.6 is 0 Å². The number of fused-ring (bicyclic) bond motifs is 7. The standard InChI is InChI=1S/C72H48N2/c1-4-19-52(20-5-1)70-66-30-13-12-28-63(66)64-45-40-57(48-68(64)71(70)53-21-6-2-7-22-53)55-24-16-27-61(47-55)73(59-41-36-50(37-42-59)56-35-34-49-18-10-11-23-54(49)46-56)60-43-38-51(39-44-60)62-31-17-32-67-65-29-14-15-33-69(65)74(72(62)67)58-25-8-3-9-26-58/h1-48H. The number of rotatable bonds is 9. The van der Waals surface area contributed by atoms with Crippen LogP contribution in [-0.2, 0) is 0 Å². The summed E-state index contributed by atoms with van der Waals surface area (Å²) in [5, 5.41) is 9.95. The molecule has 0 amide bonds. The molecular weight excluding hydrogens is 893 g/mol. The molecule has 0 unspecified atom stereocenters. The summed E-state index contributed by atoms with van der Waals surface area (Å²) in [6.45, 7) is 0. The highest BCUT2D eigenvalue weighted by Gasteiger charge is 2.21. The maximum Gasteiger partial charge on any atom is 0.0619 e. The Morgan fingerprint density at radius 3 is 1.47 bits per heavy atom. The van der Waals surface area contributed by atoms with Crippen molar-refractivity contribution in [2.75, 3.05) is 4.90 Å². The number of aromatic nitrogens is 1. The molecule has 346 valence electrons. The Bertz CT molecular complexity index is 4380. The zero-order valence-corrected chi connectivity index (χ0v) is 40.6. The first-order valence-corrected chi connectivity index (χ1v) is 25.5. The largest absolute Gasteiger partial charge is 0.310 e. The number of anilines is 3. The summed E-state index contributed by atoms with van der Waals surface area (Å²) in [4.78, 5) is 2.40. The van der Waals surface area contributed by atoms with Gasteiger partial charge < -0.3 is 9.47 Å². The van der Waals surface area contributed by atoms with E-state index in [1.54, 1.807) is 0 Å². The lowest BCUT2D eigenvalue weighted by Gasteiger charge is -2.26. The number of nitrogens with zero attached hydrogens (tertiary/aromatic N) is 2. The molecule has 14 rings (SSSR count). The summed E-state index contributed by atoms with van der Waals surface area (Å²) in [5.41, 5.74) is 18.7. The Morgan fingerprint density at radius 1 is 0.243 bits per heavy atom. The van der Waals surface area contributed by atoms with Gasteiger partial charge in [0.1, 0.15) is 0 Å². The second kappa shape index (κ2) is 18.1. The molecule has 14 aromatic rings. The third-order valence-corrected chi connectivity index (χ3v) is 14.9. The fourth-order valence-corrected chi connectivity index (χ4v) is 11.5. The first-order valence-electron chi connectivity index (χ1n) is 25.5. The van der Waals surface area contributed by atoms with E-state index in [1.165, 1.54) is 93.1 Å². The molecular formula is C72H48N2. The summed E-state index contributed by atoms with van der Waals surface area (Å²) >= 11 is 0. The van der Waals surface area contributed by atoms with Crippen LogP contribution in [0.25, 0.3) is 115 Å². The zero-order valence-electron chi connectivity index (χ0n) is 40.6. The molecule has 1 aromatic heterocycles. The summed E-state index contributed by atoms with van der Waals surface area (Å²) < 4.78 is 2.42. The Hall–Kier alpha value is -9.76. The van der Waals surface area contributed by atoms with Gasteiger partial charge in [-0.25, -0.2) is 0 Å². The quantitative estimate of drug-likeness (QED) is 0.131. The molecule has 0 fully saturated rings. The highest BCUT2D eigenvalue weighted by molar-refractivity contribution is 6.22. The van der Waals surface area contributed by atoms with Crippen LogP contribution in [0.2, 0.25) is 0 Å². The van der Waals surface area contributed by atoms with Crippen molar-refractivity contribution in [1.82, 2.24) is 4.57 Å². The fourth-order valence-electron chi connectivity index (χ4n) is 11.5. The van der Waals surface area contributed by atoms with Gasteiger partial charge in [0.15, 0.2) is 0 Å². The van der Waals surface area contributed by atoms with Gasteiger partial charge in [0.2, 0.25) is 0 Å². The van der Waals surface area contributed by atoms with Crippen LogP contribution in [0.4, 0.5) is 17.1 Å². The Kier molecular flexibility index (Phi) is 10.6. The Balaban J connectivity index is 0.922. The van der Waals surface area contributed by atoms with Gasteiger partial charge in [-0.3, -0.25) is 0 Å². The fraction of sp³-hybridized carbons (Fsp3) is 0. The maximum atomic E-state index is 2.42. The van der Waals surface area contributed by atoms with E-state index < -0.39 is 0 Å². The van der Waals surface area contributed by atoms with E-state index in [-0.39, 0.29) is 0 Å². The second-order valence-corrected chi connectivity index (χ2v) is 19.2. The molecule has 0 saturated heterocycles. The minimum atomic E-state index is 1.07. The number of para-hydroxylation sites is 3. The van der Waals surface area contributed by atoms with Gasteiger partial charge in [-0.15, -0.1) is 0 Å². The molecule has 2 nitrogen and oxygen atoms in total. The molecule has 0 aliphatic carbocycles. The maximum absolute atomic E-state index is 2.42. The predicted octanol–water partition coefficient (Wildman–Crippen LogP) is 20.0. The molecule has 0 spiro atoms. The average Bonchev–Trinajstić information content (AvgIpc) is 3.83. The number of hydrogen-bond donors (Lipinski definition) is 0. The van der Waals surface area contributed by atoms with Gasteiger partial charge in [0, 0.05) is 39.1 Å². The van der Waals surface area contributed by atoms with E-state index >= 15 is 0 Å². The molecule has 0 N–H and O–H groups in total. The Labute approximate surface area is 430 Å². The van der Waals surface area contributed by atoms with Gasteiger partial charge in [-0.1, -0.05) is 224 Å². The van der Waals surface area contributed by atoms with Crippen LogP contribution in [0.1, 0.15) is 0 Å². The van der Waals surface area contributed by atoms with Crippen molar-refractivity contribution in [3.05, 3.63) is 291 Å². The predicted molar refractivity (Wildman–Crippen MR) is 315 cm³/mol. The van der Waals surface area contributed by atoms with Gasteiger partial charge in [0.25, 0.3) is 0 Å². The van der Waals surface area contributed by atoms with Gasteiger partial charge in [0.05, 0.1) is 11.0 Å². The molecule has 13 aromatic carbocycles. The van der Waals surface area contributed by atoms with Crippen LogP contribution in [0.15, 0.2) is 291 Å². The monoisotopic (exact) mass is 940 g/mol. The molecule has 2 heteroatoms. The molecule has 0 aliphatic rings. The van der Waals surface area contributed by atoms with E-state index in [9.17, 15) is 0 Å². The highest BCUT2D eigenvalue weighted by atomic mass is 15.1. The SMILES string of the molecule is c1ccc(-c2c(-c3ccccc3)c3cc(-c4cccc(N(c5ccc(-c6ccc7ccccc7c6)cc5)c5ccc(-c6cccc7c8ccccc8n(-c8ccccc8)c67)cc5)c4)ccc3c3ccccc23)cc1. The first kappa shape index (κ1) is 43.1. The summed E-state index contributed by atoms with van der Waals surface area (Å²) in [6, 6.07) is 107. The van der Waals surface area contributed by atoms with E-state index in [0.717, 1.165) is 39.4 Å². The van der Waals surface area contributed by atoms with Crippen LogP contribution in [0.5, 0.6) is 0 Å². The summed E-state index contributed by atoms with van der Waals surface area (Å²) in [6.07, 6.45) is 0. The van der Waals surface area contributed by atoms with Crippen LogP contribution in [-0.4, -0.2) is 4.57 Å². The molecule has 0 aliphatic heterocycles. The lowest BCUT2D eigenvalue weighted by Crippen LogP contribution is -2.10. The van der Waals surface area contributed by atoms with Crippen molar-refractivity contribution in [2.45, 2.75) is 0 Å². The molecule has 0 radical (unpaired) electrons. The Morgan fingerprint density at radius 2 is 0.743 bits per heavy atom. The van der Waals surface area contributed by atoms with Crippen molar-refractivity contribution >= 4 is 71.2 Å². The average molecular weight is 941 g/mol. The van der Waals surface area contributed by atoms with Gasteiger partial charge in [-0.2, -0.15) is 0 Å². The van der Waals surface area contributed by atoms with E-state index in [4.69, 9.17) is 0 Å². The molecule has 0 bridgehead atoms. The lowest BCUT2D eigenvalue weighted by atomic mass is 9.84. The molecule has 1 heterocycles. The second-order valence-electron chi connectivity index (χ2n) is 19.2. The molecule has 0 saturated carbocycles. The zero-order chi connectivity index (χ0) is 49.0. The molecule has 0 atom stereocenters. The molecule has 74 heavy (non-hydrogen) atoms. The van der Waals surface area contributed by atoms with E-state index in [2.05, 4.69) is 301 Å². The smallest absolute Gasteiger partial charge is 0.0619 e. The van der Waals surface area contributed by atoms with Crippen molar-refractivity contribution in [3.8, 4) is 61.3 Å². The normalized spacial score (nSPS) is 11.5. The minimum absolute atomic E-state index is 1.07. The highest BCUT2D eigenvalue weighted by Crippen LogP contribution is 2.47. The van der Waals surface area contributed by atoms with Crippen LogP contribution in [0.3, 0.4) is 0 Å². The third-order valence-electron chi connectivity index (χ3n) is 14.9. The number of hydrogen-bond acceptors (Lipinski definition) is 1. The summed E-state index contributed by atoms with van der Waals surface area (Å²) in [7, 11) is 0. The first-order chi connectivity index (χ1) is 36.7. The van der Waals surface area contributed by atoms with E-state index in [0.29, 0.717) is 0 Å².